The Morgan fingerprint density at radius 2 is 1.90 bits per heavy atom. The van der Waals surface area contributed by atoms with Crippen molar-refractivity contribution in [2.24, 2.45) is 0 Å². The van der Waals surface area contributed by atoms with E-state index in [0.717, 1.165) is 0 Å². The third-order valence-corrected chi connectivity index (χ3v) is 3.02. The first-order valence-electron chi connectivity index (χ1n) is 5.93. The molecule has 0 spiro atoms. The molecule has 0 radical (unpaired) electrons. The van der Waals surface area contributed by atoms with Crippen LogP contribution in [0.3, 0.4) is 0 Å². The minimum Gasteiger partial charge on any atom is -0.497 e. The van der Waals surface area contributed by atoms with Crippen molar-refractivity contribution in [2.45, 2.75) is 6.04 Å². The number of esters is 2. The summed E-state index contributed by atoms with van der Waals surface area (Å²) in [5.74, 6) is -0.389. The lowest BCUT2D eigenvalue weighted by Crippen LogP contribution is -2.32. The van der Waals surface area contributed by atoms with Crippen LogP contribution in [0.15, 0.2) is 24.3 Å². The molecule has 1 heterocycles. The lowest BCUT2D eigenvalue weighted by atomic mass is 9.96. The van der Waals surface area contributed by atoms with E-state index in [1.807, 2.05) is 0 Å². The fourth-order valence-corrected chi connectivity index (χ4v) is 2.01. The summed E-state index contributed by atoms with van der Waals surface area (Å²) in [6.45, 7) is 0. The average molecular weight is 277 g/mol. The van der Waals surface area contributed by atoms with Gasteiger partial charge in [-0.3, -0.25) is 0 Å². The second kappa shape index (κ2) is 5.64. The molecule has 1 atom stereocenters. The largest absolute Gasteiger partial charge is 0.497 e. The predicted molar refractivity (Wildman–Crippen MR) is 72.4 cm³/mol. The summed E-state index contributed by atoms with van der Waals surface area (Å²) in [5.41, 5.74) is 1.57. The SMILES string of the molecule is COC(=O)C1=CC(C(=O)OC)Nc2ccc(OC)cc21. The van der Waals surface area contributed by atoms with E-state index in [2.05, 4.69) is 10.1 Å². The highest BCUT2D eigenvalue weighted by molar-refractivity contribution is 6.20. The molecule has 1 aliphatic heterocycles. The molecule has 0 saturated heterocycles. The van der Waals surface area contributed by atoms with Gasteiger partial charge in [-0.15, -0.1) is 0 Å². The van der Waals surface area contributed by atoms with E-state index < -0.39 is 18.0 Å². The van der Waals surface area contributed by atoms with Crippen LogP contribution in [-0.2, 0) is 19.1 Å². The molecule has 0 aromatic heterocycles. The zero-order valence-corrected chi connectivity index (χ0v) is 11.4. The summed E-state index contributed by atoms with van der Waals surface area (Å²) in [7, 11) is 4.12. The van der Waals surface area contributed by atoms with Gasteiger partial charge in [-0.05, 0) is 24.3 Å². The van der Waals surface area contributed by atoms with Gasteiger partial charge in [-0.25, -0.2) is 9.59 Å². The summed E-state index contributed by atoms with van der Waals surface area (Å²) in [5, 5.41) is 2.99. The third kappa shape index (κ3) is 2.45. The number of ether oxygens (including phenoxy) is 3. The number of hydrogen-bond donors (Lipinski definition) is 1. The zero-order chi connectivity index (χ0) is 14.7. The van der Waals surface area contributed by atoms with Gasteiger partial charge in [0.1, 0.15) is 11.8 Å². The Morgan fingerprint density at radius 1 is 1.15 bits per heavy atom. The highest BCUT2D eigenvalue weighted by Gasteiger charge is 2.28. The lowest BCUT2D eigenvalue weighted by Gasteiger charge is -2.24. The molecular formula is C14H15NO5. The molecule has 6 heteroatoms. The number of rotatable bonds is 3. The number of benzene rings is 1. The van der Waals surface area contributed by atoms with Gasteiger partial charge in [0.25, 0.3) is 0 Å². The van der Waals surface area contributed by atoms with Crippen LogP contribution >= 0.6 is 0 Å². The van der Waals surface area contributed by atoms with Crippen LogP contribution in [0.1, 0.15) is 5.56 Å². The second-order valence-electron chi connectivity index (χ2n) is 4.13. The zero-order valence-electron chi connectivity index (χ0n) is 11.4. The number of methoxy groups -OCH3 is 3. The Hall–Kier alpha value is -2.50. The van der Waals surface area contributed by atoms with Gasteiger partial charge in [-0.2, -0.15) is 0 Å². The Kier molecular flexibility index (Phi) is 3.93. The van der Waals surface area contributed by atoms with Gasteiger partial charge in [0.15, 0.2) is 0 Å². The van der Waals surface area contributed by atoms with Crippen LogP contribution in [-0.4, -0.2) is 39.3 Å². The Labute approximate surface area is 116 Å². The summed E-state index contributed by atoms with van der Waals surface area (Å²) in [6.07, 6.45) is 1.49. The van der Waals surface area contributed by atoms with Crippen LogP contribution in [0.4, 0.5) is 5.69 Å². The van der Waals surface area contributed by atoms with Crippen LogP contribution in [0.25, 0.3) is 5.57 Å². The molecule has 0 amide bonds. The van der Waals surface area contributed by atoms with E-state index in [4.69, 9.17) is 9.47 Å². The first-order chi connectivity index (χ1) is 9.60. The quantitative estimate of drug-likeness (QED) is 0.837. The summed E-state index contributed by atoms with van der Waals surface area (Å²) < 4.78 is 14.6. The maximum Gasteiger partial charge on any atom is 0.338 e. The molecule has 106 valence electrons. The molecule has 2 rings (SSSR count). The molecule has 6 nitrogen and oxygen atoms in total. The van der Waals surface area contributed by atoms with Crippen molar-refractivity contribution in [3.63, 3.8) is 0 Å². The fourth-order valence-electron chi connectivity index (χ4n) is 2.01. The fraction of sp³-hybridized carbons (Fsp3) is 0.286. The Balaban J connectivity index is 2.50. The van der Waals surface area contributed by atoms with Gasteiger partial charge in [-0.1, -0.05) is 0 Å². The smallest absolute Gasteiger partial charge is 0.338 e. The molecule has 1 unspecified atom stereocenters. The first kappa shape index (κ1) is 13.9. The lowest BCUT2D eigenvalue weighted by molar-refractivity contribution is -0.140. The van der Waals surface area contributed by atoms with Crippen LogP contribution < -0.4 is 10.1 Å². The van der Waals surface area contributed by atoms with E-state index in [0.29, 0.717) is 22.6 Å². The van der Waals surface area contributed by atoms with E-state index in [-0.39, 0.29) is 0 Å². The van der Waals surface area contributed by atoms with Crippen LogP contribution in [0.2, 0.25) is 0 Å². The molecule has 1 aliphatic rings. The number of nitrogens with one attached hydrogen (secondary N) is 1. The first-order valence-corrected chi connectivity index (χ1v) is 5.93. The molecule has 1 N–H and O–H groups in total. The molecule has 1 aromatic rings. The Bertz CT molecular complexity index is 579. The monoisotopic (exact) mass is 277 g/mol. The van der Waals surface area contributed by atoms with Crippen molar-refractivity contribution in [3.05, 3.63) is 29.8 Å². The molecule has 0 bridgehead atoms. The molecule has 0 fully saturated rings. The van der Waals surface area contributed by atoms with Gasteiger partial charge < -0.3 is 19.5 Å². The predicted octanol–water partition coefficient (Wildman–Crippen LogP) is 1.22. The van der Waals surface area contributed by atoms with Crippen molar-refractivity contribution in [3.8, 4) is 5.75 Å². The number of carbonyl (C=O) groups excluding carboxylic acids is 2. The van der Waals surface area contributed by atoms with Crippen molar-refractivity contribution >= 4 is 23.2 Å². The minimum atomic E-state index is -0.727. The van der Waals surface area contributed by atoms with Crippen LogP contribution in [0.5, 0.6) is 5.75 Å². The summed E-state index contributed by atoms with van der Waals surface area (Å²) in [6, 6.07) is 4.45. The number of hydrogen-bond acceptors (Lipinski definition) is 6. The van der Waals surface area contributed by atoms with Gasteiger partial charge in [0, 0.05) is 11.3 Å². The maximum atomic E-state index is 11.9. The molecule has 0 saturated carbocycles. The number of carbonyl (C=O) groups is 2. The van der Waals surface area contributed by atoms with Gasteiger partial charge in [0.05, 0.1) is 26.9 Å². The Morgan fingerprint density at radius 3 is 2.50 bits per heavy atom. The topological polar surface area (TPSA) is 73.9 Å². The van der Waals surface area contributed by atoms with E-state index >= 15 is 0 Å². The highest BCUT2D eigenvalue weighted by Crippen LogP contribution is 2.33. The van der Waals surface area contributed by atoms with E-state index in [1.54, 1.807) is 18.2 Å². The van der Waals surface area contributed by atoms with Crippen molar-refractivity contribution < 1.29 is 23.8 Å². The normalized spacial score (nSPS) is 16.4. The molecule has 1 aromatic carbocycles. The highest BCUT2D eigenvalue weighted by atomic mass is 16.5. The van der Waals surface area contributed by atoms with E-state index in [9.17, 15) is 9.59 Å². The molecule has 0 aliphatic carbocycles. The standard InChI is InChI=1S/C14H15NO5/c1-18-8-4-5-11-9(6-8)10(13(16)19-2)7-12(15-11)14(17)20-3/h4-7,12,15H,1-3H3. The van der Waals surface area contributed by atoms with Crippen molar-refractivity contribution in [1.82, 2.24) is 0 Å². The van der Waals surface area contributed by atoms with Crippen molar-refractivity contribution in [1.29, 1.82) is 0 Å². The van der Waals surface area contributed by atoms with Gasteiger partial charge in [0.2, 0.25) is 0 Å². The van der Waals surface area contributed by atoms with E-state index in [1.165, 1.54) is 27.4 Å². The van der Waals surface area contributed by atoms with Gasteiger partial charge >= 0.3 is 11.9 Å². The summed E-state index contributed by atoms with van der Waals surface area (Å²) in [4.78, 5) is 23.5. The molecular weight excluding hydrogens is 262 g/mol. The second-order valence-corrected chi connectivity index (χ2v) is 4.13. The average Bonchev–Trinajstić information content (AvgIpc) is 2.51. The summed E-state index contributed by atoms with van der Waals surface area (Å²) >= 11 is 0. The van der Waals surface area contributed by atoms with Crippen molar-refractivity contribution in [2.75, 3.05) is 26.6 Å². The third-order valence-electron chi connectivity index (χ3n) is 3.02. The number of fused-ring (bicyclic) bond motifs is 1. The maximum absolute atomic E-state index is 11.9. The van der Waals surface area contributed by atoms with Crippen LogP contribution in [0, 0.1) is 0 Å². The molecule has 20 heavy (non-hydrogen) atoms. The minimum absolute atomic E-state index is 0.301. The number of anilines is 1.